The fraction of sp³-hybridized carbons (Fsp3) is 1.00. The first-order valence-corrected chi connectivity index (χ1v) is 7.29. The minimum atomic E-state index is 0.455. The van der Waals surface area contributed by atoms with Gasteiger partial charge in [0.15, 0.2) is 0 Å². The van der Waals surface area contributed by atoms with Crippen LogP contribution in [0.4, 0.5) is 0 Å². The molecule has 0 aromatic carbocycles. The Morgan fingerprint density at radius 1 is 0.625 bits per heavy atom. The SMILES string of the molecule is CC.CCC(C)(CC)C(C)(C)C.CCCC. The van der Waals surface area contributed by atoms with Crippen molar-refractivity contribution >= 4 is 0 Å². The summed E-state index contributed by atoms with van der Waals surface area (Å²) in [5, 5.41) is 0. The Balaban J connectivity index is -0.000000237. The topological polar surface area (TPSA) is 0 Å². The molecule has 0 nitrogen and oxygen atoms in total. The van der Waals surface area contributed by atoms with Gasteiger partial charge in [-0.25, -0.2) is 0 Å². The minimum Gasteiger partial charge on any atom is -0.0683 e. The second-order valence-electron chi connectivity index (χ2n) is 5.52. The number of unbranched alkanes of at least 4 members (excludes halogenated alkanes) is 1. The molecular weight excluding hydrogens is 192 g/mol. The summed E-state index contributed by atoms with van der Waals surface area (Å²) in [5.74, 6) is 0. The molecule has 0 aliphatic rings. The number of rotatable bonds is 3. The van der Waals surface area contributed by atoms with Crippen LogP contribution in [0.3, 0.4) is 0 Å². The van der Waals surface area contributed by atoms with Crippen LogP contribution >= 0.6 is 0 Å². The van der Waals surface area contributed by atoms with Crippen LogP contribution in [0, 0.1) is 10.8 Å². The zero-order chi connectivity index (χ0) is 13.8. The summed E-state index contributed by atoms with van der Waals surface area (Å²) in [7, 11) is 0. The lowest BCUT2D eigenvalue weighted by Gasteiger charge is -2.40. The van der Waals surface area contributed by atoms with Gasteiger partial charge in [-0.1, -0.05) is 94.9 Å². The monoisotopic (exact) mass is 230 g/mol. The van der Waals surface area contributed by atoms with Gasteiger partial charge in [0.05, 0.1) is 0 Å². The molecule has 0 heterocycles. The van der Waals surface area contributed by atoms with Crippen molar-refractivity contribution < 1.29 is 0 Å². The van der Waals surface area contributed by atoms with Crippen molar-refractivity contribution in [2.75, 3.05) is 0 Å². The van der Waals surface area contributed by atoms with E-state index in [2.05, 4.69) is 55.4 Å². The Morgan fingerprint density at radius 3 is 0.875 bits per heavy atom. The van der Waals surface area contributed by atoms with Gasteiger partial charge in [0.2, 0.25) is 0 Å². The van der Waals surface area contributed by atoms with Gasteiger partial charge in [0.1, 0.15) is 0 Å². The molecule has 0 N–H and O–H groups in total. The highest BCUT2D eigenvalue weighted by Gasteiger charge is 2.33. The highest BCUT2D eigenvalue weighted by atomic mass is 14.4. The van der Waals surface area contributed by atoms with Gasteiger partial charge in [-0.2, -0.15) is 0 Å². The molecule has 0 atom stereocenters. The van der Waals surface area contributed by atoms with E-state index in [0.29, 0.717) is 10.8 Å². The van der Waals surface area contributed by atoms with E-state index in [-0.39, 0.29) is 0 Å². The van der Waals surface area contributed by atoms with Crippen LogP contribution in [-0.4, -0.2) is 0 Å². The van der Waals surface area contributed by atoms with E-state index in [0.717, 1.165) is 0 Å². The van der Waals surface area contributed by atoms with Crippen LogP contribution in [0.15, 0.2) is 0 Å². The van der Waals surface area contributed by atoms with E-state index in [1.807, 2.05) is 13.8 Å². The van der Waals surface area contributed by atoms with Crippen molar-refractivity contribution in [2.45, 2.75) is 94.9 Å². The van der Waals surface area contributed by atoms with Crippen LogP contribution in [0.25, 0.3) is 0 Å². The van der Waals surface area contributed by atoms with Crippen molar-refractivity contribution in [3.63, 3.8) is 0 Å². The maximum Gasteiger partial charge on any atom is -0.0282 e. The van der Waals surface area contributed by atoms with E-state index >= 15 is 0 Å². The molecule has 0 bridgehead atoms. The van der Waals surface area contributed by atoms with Crippen LogP contribution < -0.4 is 0 Å². The fourth-order valence-corrected chi connectivity index (χ4v) is 1.31. The maximum atomic E-state index is 2.38. The van der Waals surface area contributed by atoms with Crippen LogP contribution in [0.2, 0.25) is 0 Å². The first-order valence-electron chi connectivity index (χ1n) is 7.29. The first-order chi connectivity index (χ1) is 7.29. The predicted octanol–water partition coefficient (Wildman–Crippen LogP) is 6.69. The van der Waals surface area contributed by atoms with E-state index in [4.69, 9.17) is 0 Å². The molecule has 0 saturated carbocycles. The molecule has 0 aromatic rings. The van der Waals surface area contributed by atoms with Gasteiger partial charge in [-0.3, -0.25) is 0 Å². The minimum absolute atomic E-state index is 0.455. The highest BCUT2D eigenvalue weighted by molar-refractivity contribution is 4.83. The molecule has 0 aliphatic carbocycles. The van der Waals surface area contributed by atoms with Crippen molar-refractivity contribution in [1.82, 2.24) is 0 Å². The van der Waals surface area contributed by atoms with Crippen molar-refractivity contribution in [1.29, 1.82) is 0 Å². The Labute approximate surface area is 106 Å². The molecule has 0 spiro atoms. The second-order valence-corrected chi connectivity index (χ2v) is 5.52. The lowest BCUT2D eigenvalue weighted by atomic mass is 9.65. The second kappa shape index (κ2) is 11.5. The average molecular weight is 230 g/mol. The van der Waals surface area contributed by atoms with Gasteiger partial charge in [0.25, 0.3) is 0 Å². The predicted molar refractivity (Wildman–Crippen MR) is 80.1 cm³/mol. The van der Waals surface area contributed by atoms with Gasteiger partial charge >= 0.3 is 0 Å². The molecular formula is C16H38. The van der Waals surface area contributed by atoms with Crippen LogP contribution in [-0.2, 0) is 0 Å². The zero-order valence-electron chi connectivity index (χ0n) is 13.8. The largest absolute Gasteiger partial charge is 0.0683 e. The van der Waals surface area contributed by atoms with E-state index in [1.54, 1.807) is 0 Å². The molecule has 16 heavy (non-hydrogen) atoms. The van der Waals surface area contributed by atoms with Gasteiger partial charge in [-0.05, 0) is 10.8 Å². The summed E-state index contributed by atoms with van der Waals surface area (Å²) in [6.45, 7) is 22.3. The van der Waals surface area contributed by atoms with Gasteiger partial charge in [0, 0.05) is 0 Å². The molecule has 0 fully saturated rings. The summed E-state index contributed by atoms with van der Waals surface area (Å²) in [6.07, 6.45) is 5.21. The Hall–Kier alpha value is 0. The van der Waals surface area contributed by atoms with Crippen molar-refractivity contribution in [3.8, 4) is 0 Å². The lowest BCUT2D eigenvalue weighted by molar-refractivity contribution is 0.0975. The average Bonchev–Trinajstić information content (AvgIpc) is 2.29. The third-order valence-electron chi connectivity index (χ3n) is 3.87. The highest BCUT2D eigenvalue weighted by Crippen LogP contribution is 2.43. The summed E-state index contributed by atoms with van der Waals surface area (Å²) in [5.41, 5.74) is 0.976. The normalized spacial score (nSPS) is 10.9. The summed E-state index contributed by atoms with van der Waals surface area (Å²) >= 11 is 0. The summed E-state index contributed by atoms with van der Waals surface area (Å²) in [6, 6.07) is 0. The smallest absolute Gasteiger partial charge is 0.0282 e. The zero-order valence-corrected chi connectivity index (χ0v) is 13.8. The van der Waals surface area contributed by atoms with Crippen LogP contribution in [0.5, 0.6) is 0 Å². The first kappa shape index (κ1) is 21.3. The molecule has 0 saturated heterocycles. The standard InChI is InChI=1S/C10H22.C4H10.C2H6/c1-7-10(6,8-2)9(3,4)5;1-3-4-2;1-2/h7-8H2,1-6H3;3-4H2,1-2H3;1-2H3. The third kappa shape index (κ3) is 9.24. The molecule has 102 valence electrons. The Kier molecular flexibility index (Phi) is 15.3. The van der Waals surface area contributed by atoms with E-state index < -0.39 is 0 Å². The lowest BCUT2D eigenvalue weighted by Crippen LogP contribution is -2.31. The van der Waals surface area contributed by atoms with Crippen molar-refractivity contribution in [2.24, 2.45) is 10.8 Å². The molecule has 0 heteroatoms. The molecule has 0 unspecified atom stereocenters. The summed E-state index contributed by atoms with van der Waals surface area (Å²) < 4.78 is 0. The molecule has 0 radical (unpaired) electrons. The molecule has 0 aliphatic heterocycles. The summed E-state index contributed by atoms with van der Waals surface area (Å²) in [4.78, 5) is 0. The molecule has 0 rings (SSSR count). The number of hydrogen-bond donors (Lipinski definition) is 0. The molecule has 0 amide bonds. The number of hydrogen-bond acceptors (Lipinski definition) is 0. The fourth-order valence-electron chi connectivity index (χ4n) is 1.31. The van der Waals surface area contributed by atoms with Gasteiger partial charge in [-0.15, -0.1) is 0 Å². The Bertz CT molecular complexity index is 110. The van der Waals surface area contributed by atoms with E-state index in [1.165, 1.54) is 25.7 Å². The Morgan fingerprint density at radius 2 is 0.875 bits per heavy atom. The maximum absolute atomic E-state index is 2.38. The quantitative estimate of drug-likeness (QED) is 0.506. The van der Waals surface area contributed by atoms with Crippen molar-refractivity contribution in [3.05, 3.63) is 0 Å². The third-order valence-corrected chi connectivity index (χ3v) is 3.87. The van der Waals surface area contributed by atoms with Crippen LogP contribution in [0.1, 0.15) is 94.9 Å². The van der Waals surface area contributed by atoms with E-state index in [9.17, 15) is 0 Å². The molecule has 0 aromatic heterocycles. The van der Waals surface area contributed by atoms with Gasteiger partial charge < -0.3 is 0 Å².